The summed E-state index contributed by atoms with van der Waals surface area (Å²) in [5.74, 6) is 0. The molecule has 0 aliphatic heterocycles. The largest absolute Gasteiger partial charge is 0.368 e. The van der Waals surface area contributed by atoms with Gasteiger partial charge in [-0.05, 0) is 38.5 Å². The highest BCUT2D eigenvalue weighted by molar-refractivity contribution is 5.48. The molecular formula is C14H22N2. The van der Waals surface area contributed by atoms with E-state index in [-0.39, 0.29) is 6.04 Å². The molecule has 1 atom stereocenters. The van der Waals surface area contributed by atoms with Gasteiger partial charge in [0, 0.05) is 24.8 Å². The lowest BCUT2D eigenvalue weighted by Gasteiger charge is -2.23. The molecule has 0 radical (unpaired) electrons. The second-order valence-electron chi connectivity index (χ2n) is 4.35. The van der Waals surface area contributed by atoms with Crippen molar-refractivity contribution in [3.63, 3.8) is 0 Å². The van der Waals surface area contributed by atoms with Crippen molar-refractivity contribution < 1.29 is 0 Å². The van der Waals surface area contributed by atoms with E-state index in [1.165, 1.54) is 16.8 Å². The molecule has 0 saturated carbocycles. The number of benzene rings is 1. The summed E-state index contributed by atoms with van der Waals surface area (Å²) in [4.78, 5) is 2.30. The second kappa shape index (κ2) is 5.71. The van der Waals surface area contributed by atoms with Gasteiger partial charge < -0.3 is 10.6 Å². The zero-order valence-corrected chi connectivity index (χ0v) is 10.5. The highest BCUT2D eigenvalue weighted by Gasteiger charge is 2.05. The molecule has 1 aromatic rings. The molecule has 0 amide bonds. The topological polar surface area (TPSA) is 29.3 Å². The Balaban J connectivity index is 2.82. The lowest BCUT2D eigenvalue weighted by Crippen LogP contribution is -2.24. The third-order valence-corrected chi connectivity index (χ3v) is 2.63. The van der Waals surface area contributed by atoms with Crippen LogP contribution in [-0.4, -0.2) is 13.1 Å². The lowest BCUT2D eigenvalue weighted by atomic mass is 10.1. The fraction of sp³-hybridized carbons (Fsp3) is 0.429. The van der Waals surface area contributed by atoms with Gasteiger partial charge in [0.1, 0.15) is 0 Å². The zero-order valence-electron chi connectivity index (χ0n) is 10.5. The van der Waals surface area contributed by atoms with E-state index in [1.807, 2.05) is 6.92 Å². The first-order valence-electron chi connectivity index (χ1n) is 5.79. The van der Waals surface area contributed by atoms with Crippen molar-refractivity contribution in [1.82, 2.24) is 0 Å². The maximum Gasteiger partial charge on any atom is 0.0383 e. The van der Waals surface area contributed by atoms with Crippen molar-refractivity contribution in [1.29, 1.82) is 0 Å². The first kappa shape index (κ1) is 12.8. The third-order valence-electron chi connectivity index (χ3n) is 2.63. The van der Waals surface area contributed by atoms with Gasteiger partial charge in [0.25, 0.3) is 0 Å². The number of hydrogen-bond acceptors (Lipinski definition) is 2. The van der Waals surface area contributed by atoms with Crippen molar-refractivity contribution in [2.45, 2.75) is 26.8 Å². The first-order chi connectivity index (χ1) is 7.54. The van der Waals surface area contributed by atoms with E-state index in [2.05, 4.69) is 49.6 Å². The molecule has 1 aromatic carbocycles. The van der Waals surface area contributed by atoms with Gasteiger partial charge in [-0.15, -0.1) is 0 Å². The number of anilines is 1. The summed E-state index contributed by atoms with van der Waals surface area (Å²) in [6.45, 7) is 12.1. The van der Waals surface area contributed by atoms with Crippen LogP contribution in [0.5, 0.6) is 0 Å². The Morgan fingerprint density at radius 1 is 1.38 bits per heavy atom. The molecule has 0 saturated heterocycles. The second-order valence-corrected chi connectivity index (χ2v) is 4.35. The molecule has 0 aromatic heterocycles. The molecule has 0 aliphatic rings. The number of hydrogen-bond donors (Lipinski definition) is 1. The van der Waals surface area contributed by atoms with Crippen LogP contribution in [-0.2, 0) is 0 Å². The molecule has 88 valence electrons. The van der Waals surface area contributed by atoms with Crippen LogP contribution in [0.3, 0.4) is 0 Å². The minimum atomic E-state index is 0.102. The Morgan fingerprint density at radius 2 is 1.94 bits per heavy atom. The van der Waals surface area contributed by atoms with E-state index >= 15 is 0 Å². The molecule has 0 unspecified atom stereocenters. The van der Waals surface area contributed by atoms with Crippen LogP contribution in [0, 0.1) is 0 Å². The molecule has 2 heteroatoms. The number of nitrogens with zero attached hydrogens (tertiary/aromatic N) is 1. The standard InChI is InChI=1S/C14H22N2/c1-5-16(10-11(2)3)14-8-6-13(7-9-14)12(4)15/h6-9,12H,2,5,10,15H2,1,3-4H3/t12-/m1/s1. The quantitative estimate of drug-likeness (QED) is 0.769. The van der Waals surface area contributed by atoms with E-state index in [0.29, 0.717) is 0 Å². The summed E-state index contributed by atoms with van der Waals surface area (Å²) in [5.41, 5.74) is 9.41. The molecular weight excluding hydrogens is 196 g/mol. The molecule has 2 N–H and O–H groups in total. The average Bonchev–Trinajstić information content (AvgIpc) is 2.25. The Morgan fingerprint density at radius 3 is 2.31 bits per heavy atom. The van der Waals surface area contributed by atoms with Gasteiger partial charge in [0.2, 0.25) is 0 Å². The Hall–Kier alpha value is -1.28. The summed E-state index contributed by atoms with van der Waals surface area (Å²) < 4.78 is 0. The van der Waals surface area contributed by atoms with Gasteiger partial charge in [-0.2, -0.15) is 0 Å². The summed E-state index contributed by atoms with van der Waals surface area (Å²) in [6.07, 6.45) is 0. The lowest BCUT2D eigenvalue weighted by molar-refractivity contribution is 0.816. The normalized spacial score (nSPS) is 12.2. The van der Waals surface area contributed by atoms with E-state index in [9.17, 15) is 0 Å². The van der Waals surface area contributed by atoms with Crippen LogP contribution in [0.4, 0.5) is 5.69 Å². The molecule has 16 heavy (non-hydrogen) atoms. The molecule has 0 heterocycles. The molecule has 0 aliphatic carbocycles. The fourth-order valence-corrected chi connectivity index (χ4v) is 1.70. The van der Waals surface area contributed by atoms with Crippen LogP contribution in [0.15, 0.2) is 36.4 Å². The summed E-state index contributed by atoms with van der Waals surface area (Å²) >= 11 is 0. The maximum absolute atomic E-state index is 5.83. The number of nitrogens with two attached hydrogens (primary N) is 1. The Kier molecular flexibility index (Phi) is 4.56. The monoisotopic (exact) mass is 218 g/mol. The van der Waals surface area contributed by atoms with Gasteiger partial charge in [0.05, 0.1) is 0 Å². The predicted molar refractivity (Wildman–Crippen MR) is 71.7 cm³/mol. The van der Waals surface area contributed by atoms with E-state index in [0.717, 1.165) is 13.1 Å². The Labute approximate surface area is 98.8 Å². The van der Waals surface area contributed by atoms with Gasteiger partial charge in [0.15, 0.2) is 0 Å². The highest BCUT2D eigenvalue weighted by atomic mass is 15.1. The molecule has 0 spiro atoms. The van der Waals surface area contributed by atoms with Crippen molar-refractivity contribution >= 4 is 5.69 Å². The SMILES string of the molecule is C=C(C)CN(CC)c1ccc([C@@H](C)N)cc1. The minimum Gasteiger partial charge on any atom is -0.368 e. The van der Waals surface area contributed by atoms with Crippen molar-refractivity contribution in [2.24, 2.45) is 5.73 Å². The average molecular weight is 218 g/mol. The molecule has 2 nitrogen and oxygen atoms in total. The van der Waals surface area contributed by atoms with Crippen LogP contribution in [0.1, 0.15) is 32.4 Å². The predicted octanol–water partition coefficient (Wildman–Crippen LogP) is 3.11. The van der Waals surface area contributed by atoms with Crippen LogP contribution in [0.25, 0.3) is 0 Å². The first-order valence-corrected chi connectivity index (χ1v) is 5.79. The van der Waals surface area contributed by atoms with Crippen LogP contribution >= 0.6 is 0 Å². The van der Waals surface area contributed by atoms with E-state index in [4.69, 9.17) is 5.73 Å². The highest BCUT2D eigenvalue weighted by Crippen LogP contribution is 2.18. The summed E-state index contributed by atoms with van der Waals surface area (Å²) in [5, 5.41) is 0. The molecule has 0 bridgehead atoms. The van der Waals surface area contributed by atoms with E-state index < -0.39 is 0 Å². The molecule has 0 fully saturated rings. The van der Waals surface area contributed by atoms with Gasteiger partial charge in [-0.3, -0.25) is 0 Å². The third kappa shape index (κ3) is 3.38. The summed E-state index contributed by atoms with van der Waals surface area (Å²) in [7, 11) is 0. The number of likely N-dealkylation sites (N-methyl/N-ethyl adjacent to an activating group) is 1. The van der Waals surface area contributed by atoms with Crippen molar-refractivity contribution in [2.75, 3.05) is 18.0 Å². The fourth-order valence-electron chi connectivity index (χ4n) is 1.70. The van der Waals surface area contributed by atoms with Crippen LogP contribution in [0.2, 0.25) is 0 Å². The summed E-state index contributed by atoms with van der Waals surface area (Å²) in [6, 6.07) is 8.56. The smallest absolute Gasteiger partial charge is 0.0383 e. The molecule has 1 rings (SSSR count). The Bertz CT molecular complexity index is 338. The van der Waals surface area contributed by atoms with E-state index in [1.54, 1.807) is 0 Å². The van der Waals surface area contributed by atoms with Crippen LogP contribution < -0.4 is 10.6 Å². The van der Waals surface area contributed by atoms with Gasteiger partial charge in [-0.25, -0.2) is 0 Å². The maximum atomic E-state index is 5.83. The van der Waals surface area contributed by atoms with Gasteiger partial charge >= 0.3 is 0 Å². The van der Waals surface area contributed by atoms with Crippen molar-refractivity contribution in [3.8, 4) is 0 Å². The van der Waals surface area contributed by atoms with Crippen molar-refractivity contribution in [3.05, 3.63) is 42.0 Å². The number of rotatable bonds is 5. The minimum absolute atomic E-state index is 0.102. The zero-order chi connectivity index (χ0) is 12.1. The van der Waals surface area contributed by atoms with Gasteiger partial charge in [-0.1, -0.05) is 24.3 Å².